The maximum Gasteiger partial charge on any atom is 0.243 e. The van der Waals surface area contributed by atoms with E-state index >= 15 is 0 Å². The minimum atomic E-state index is -0.906. The zero-order valence-corrected chi connectivity index (χ0v) is 14.6. The van der Waals surface area contributed by atoms with Crippen LogP contribution in [0.5, 0.6) is 0 Å². The zero-order chi connectivity index (χ0) is 19.6. The maximum absolute atomic E-state index is 13.2. The van der Waals surface area contributed by atoms with Crippen molar-refractivity contribution in [3.63, 3.8) is 0 Å². The lowest BCUT2D eigenvalue weighted by Crippen LogP contribution is -2.47. The topological polar surface area (TPSA) is 75.3 Å². The van der Waals surface area contributed by atoms with E-state index in [1.54, 1.807) is 12.1 Å². The van der Waals surface area contributed by atoms with Crippen molar-refractivity contribution in [2.24, 2.45) is 0 Å². The molecule has 2 unspecified atom stereocenters. The van der Waals surface area contributed by atoms with Crippen LogP contribution in [0.3, 0.4) is 0 Å². The Morgan fingerprint density at radius 2 is 1.81 bits per heavy atom. The number of amides is 2. The first-order chi connectivity index (χ1) is 12.8. The van der Waals surface area contributed by atoms with Crippen molar-refractivity contribution in [1.29, 1.82) is 0 Å². The van der Waals surface area contributed by atoms with Crippen molar-refractivity contribution in [3.8, 4) is 0 Å². The number of Topliss-reactive ketones (excluding diaryl/α,β-unsaturated/α-hetero) is 1. The van der Waals surface area contributed by atoms with Crippen LogP contribution in [-0.2, 0) is 27.2 Å². The third kappa shape index (κ3) is 4.36. The summed E-state index contributed by atoms with van der Waals surface area (Å²) in [6, 6.07) is 8.43. The van der Waals surface area contributed by atoms with Gasteiger partial charge in [0.25, 0.3) is 0 Å². The van der Waals surface area contributed by atoms with Crippen molar-refractivity contribution in [1.82, 2.24) is 10.6 Å². The second kappa shape index (κ2) is 7.65. The Kier molecular flexibility index (Phi) is 5.30. The molecule has 2 atom stereocenters. The minimum absolute atomic E-state index is 0.113. The van der Waals surface area contributed by atoms with E-state index in [-0.39, 0.29) is 24.2 Å². The van der Waals surface area contributed by atoms with E-state index in [9.17, 15) is 23.2 Å². The number of halogens is 2. The van der Waals surface area contributed by atoms with Crippen LogP contribution in [0.2, 0.25) is 0 Å². The predicted molar refractivity (Wildman–Crippen MR) is 93.7 cm³/mol. The van der Waals surface area contributed by atoms with Crippen LogP contribution < -0.4 is 10.6 Å². The number of nitrogens with one attached hydrogen (secondary N) is 2. The maximum atomic E-state index is 13.2. The molecular formula is C20H18F2N2O3. The van der Waals surface area contributed by atoms with Crippen molar-refractivity contribution in [2.45, 2.75) is 31.8 Å². The number of hydrogen-bond acceptors (Lipinski definition) is 3. The Labute approximate surface area is 154 Å². The molecule has 0 spiro atoms. The molecule has 2 N–H and O–H groups in total. The summed E-state index contributed by atoms with van der Waals surface area (Å²) in [6.07, 6.45) is -0.00944. The molecule has 7 heteroatoms. The summed E-state index contributed by atoms with van der Waals surface area (Å²) < 4.78 is 26.4. The zero-order valence-electron chi connectivity index (χ0n) is 14.6. The third-order valence-corrected chi connectivity index (χ3v) is 4.40. The number of ketones is 1. The second-order valence-electron chi connectivity index (χ2n) is 6.53. The predicted octanol–water partition coefficient (Wildman–Crippen LogP) is 1.99. The molecule has 0 radical (unpaired) electrons. The Morgan fingerprint density at radius 3 is 2.52 bits per heavy atom. The first-order valence-corrected chi connectivity index (χ1v) is 8.48. The van der Waals surface area contributed by atoms with Crippen LogP contribution in [0.4, 0.5) is 8.78 Å². The number of hydrogen-bond donors (Lipinski definition) is 2. The van der Waals surface area contributed by atoms with Gasteiger partial charge in [-0.3, -0.25) is 14.4 Å². The molecule has 5 nitrogen and oxygen atoms in total. The molecule has 140 valence electrons. The fraction of sp³-hybridized carbons (Fsp3) is 0.250. The summed E-state index contributed by atoms with van der Waals surface area (Å²) >= 11 is 0. The number of carbonyl (C=O) groups excluding carboxylic acids is 3. The van der Waals surface area contributed by atoms with E-state index in [0.717, 1.165) is 23.3 Å². The van der Waals surface area contributed by atoms with Crippen molar-refractivity contribution < 1.29 is 23.2 Å². The third-order valence-electron chi connectivity index (χ3n) is 4.40. The van der Waals surface area contributed by atoms with Crippen molar-refractivity contribution >= 4 is 17.6 Å². The lowest BCUT2D eigenvalue weighted by Gasteiger charge is -2.18. The molecule has 1 aliphatic rings. The Bertz CT molecular complexity index is 894. The summed E-state index contributed by atoms with van der Waals surface area (Å²) in [6.45, 7) is 1.48. The summed E-state index contributed by atoms with van der Waals surface area (Å²) in [4.78, 5) is 36.5. The van der Waals surface area contributed by atoms with E-state index in [1.165, 1.54) is 6.92 Å². The van der Waals surface area contributed by atoms with E-state index in [4.69, 9.17) is 0 Å². The quantitative estimate of drug-likeness (QED) is 0.843. The number of rotatable bonds is 5. The van der Waals surface area contributed by atoms with Gasteiger partial charge in [0.1, 0.15) is 23.7 Å². The molecule has 0 aliphatic heterocycles. The summed E-state index contributed by atoms with van der Waals surface area (Å²) in [7, 11) is 0. The van der Waals surface area contributed by atoms with Gasteiger partial charge in [0, 0.05) is 12.5 Å². The Balaban J connectivity index is 1.59. The standard InChI is InChI=1S/C20H18F2N2O3/c1-11(23-18(26)8-12-6-14(21)10-15(22)7-12)20(27)24-19-16-5-3-2-4-13(16)9-17(19)25/h2-7,10-11,19H,8-9H2,1H3,(H,23,26)(H,24,27). The molecule has 2 aromatic carbocycles. The summed E-state index contributed by atoms with van der Waals surface area (Å²) in [5.41, 5.74) is 1.79. The largest absolute Gasteiger partial charge is 0.344 e. The van der Waals surface area contributed by atoms with Gasteiger partial charge >= 0.3 is 0 Å². The van der Waals surface area contributed by atoms with Crippen LogP contribution >= 0.6 is 0 Å². The van der Waals surface area contributed by atoms with Gasteiger partial charge in [-0.1, -0.05) is 24.3 Å². The lowest BCUT2D eigenvalue weighted by atomic mass is 10.1. The normalized spacial score (nSPS) is 16.6. The van der Waals surface area contributed by atoms with Crippen molar-refractivity contribution in [2.75, 3.05) is 0 Å². The van der Waals surface area contributed by atoms with Crippen LogP contribution in [0.25, 0.3) is 0 Å². The molecule has 0 fully saturated rings. The summed E-state index contributed by atoms with van der Waals surface area (Å²) in [5, 5.41) is 5.12. The van der Waals surface area contributed by atoms with E-state index in [1.807, 2.05) is 12.1 Å². The minimum Gasteiger partial charge on any atom is -0.344 e. The smallest absolute Gasteiger partial charge is 0.243 e. The van der Waals surface area contributed by atoms with E-state index in [0.29, 0.717) is 6.07 Å². The van der Waals surface area contributed by atoms with Gasteiger partial charge in [-0.2, -0.15) is 0 Å². The first-order valence-electron chi connectivity index (χ1n) is 8.48. The fourth-order valence-electron chi connectivity index (χ4n) is 3.12. The average molecular weight is 372 g/mol. The number of carbonyl (C=O) groups is 3. The highest BCUT2D eigenvalue weighted by Gasteiger charge is 2.32. The van der Waals surface area contributed by atoms with E-state index in [2.05, 4.69) is 10.6 Å². The van der Waals surface area contributed by atoms with Gasteiger partial charge in [0.2, 0.25) is 11.8 Å². The van der Waals surface area contributed by atoms with Gasteiger partial charge in [-0.15, -0.1) is 0 Å². The van der Waals surface area contributed by atoms with Crippen LogP contribution in [0.1, 0.15) is 29.7 Å². The van der Waals surface area contributed by atoms with Gasteiger partial charge in [-0.25, -0.2) is 8.78 Å². The molecule has 1 aliphatic carbocycles. The van der Waals surface area contributed by atoms with Crippen LogP contribution in [0, 0.1) is 11.6 Å². The molecule has 0 bridgehead atoms. The lowest BCUT2D eigenvalue weighted by molar-refractivity contribution is -0.130. The molecule has 3 rings (SSSR count). The van der Waals surface area contributed by atoms with Gasteiger partial charge < -0.3 is 10.6 Å². The Morgan fingerprint density at radius 1 is 1.15 bits per heavy atom. The second-order valence-corrected chi connectivity index (χ2v) is 6.53. The monoisotopic (exact) mass is 372 g/mol. The molecule has 0 aromatic heterocycles. The number of fused-ring (bicyclic) bond motifs is 1. The molecule has 0 saturated heterocycles. The average Bonchev–Trinajstić information content (AvgIpc) is 2.89. The molecular weight excluding hydrogens is 354 g/mol. The number of benzene rings is 2. The van der Waals surface area contributed by atoms with Crippen LogP contribution in [0.15, 0.2) is 42.5 Å². The first kappa shape index (κ1) is 18.7. The fourth-order valence-corrected chi connectivity index (χ4v) is 3.12. The summed E-state index contributed by atoms with van der Waals surface area (Å²) in [5.74, 6) is -2.73. The van der Waals surface area contributed by atoms with Gasteiger partial charge in [-0.05, 0) is 35.7 Å². The van der Waals surface area contributed by atoms with E-state index < -0.39 is 35.5 Å². The van der Waals surface area contributed by atoms with Gasteiger partial charge in [0.15, 0.2) is 5.78 Å². The van der Waals surface area contributed by atoms with Crippen LogP contribution in [-0.4, -0.2) is 23.6 Å². The molecule has 0 saturated carbocycles. The SMILES string of the molecule is CC(NC(=O)Cc1cc(F)cc(F)c1)C(=O)NC1C(=O)Cc2ccccc21. The highest BCUT2D eigenvalue weighted by atomic mass is 19.1. The molecule has 2 aromatic rings. The molecule has 0 heterocycles. The molecule has 27 heavy (non-hydrogen) atoms. The molecule has 2 amide bonds. The van der Waals surface area contributed by atoms with Gasteiger partial charge in [0.05, 0.1) is 6.42 Å². The van der Waals surface area contributed by atoms with Crippen molar-refractivity contribution in [3.05, 3.63) is 70.8 Å². The highest BCUT2D eigenvalue weighted by Crippen LogP contribution is 2.28. The highest BCUT2D eigenvalue weighted by molar-refractivity contribution is 5.97. The Hall–Kier alpha value is -3.09.